The van der Waals surface area contributed by atoms with Gasteiger partial charge in [-0.15, -0.1) is 0 Å². The number of ether oxygens (including phenoxy) is 1. The summed E-state index contributed by atoms with van der Waals surface area (Å²) in [4.78, 5) is 8.90. The van der Waals surface area contributed by atoms with Gasteiger partial charge in [0.2, 0.25) is 0 Å². The van der Waals surface area contributed by atoms with Gasteiger partial charge in [-0.05, 0) is 24.3 Å². The van der Waals surface area contributed by atoms with Gasteiger partial charge in [0, 0.05) is 49.7 Å². The number of para-hydroxylation sites is 1. The number of hydrogen-bond acceptors (Lipinski definition) is 5. The van der Waals surface area contributed by atoms with Crippen LogP contribution in [0, 0.1) is 0 Å². The van der Waals surface area contributed by atoms with Crippen LogP contribution in [0.1, 0.15) is 18.0 Å². The maximum Gasteiger partial charge on any atom is 0.153 e. The molecule has 5 nitrogen and oxygen atoms in total. The van der Waals surface area contributed by atoms with Crippen LogP contribution in [0.5, 0.6) is 11.5 Å². The zero-order chi connectivity index (χ0) is 17.5. The first kappa shape index (κ1) is 16.4. The molecule has 2 aromatic rings. The second kappa shape index (κ2) is 6.74. The van der Waals surface area contributed by atoms with Crippen molar-refractivity contribution in [2.45, 2.75) is 18.6 Å². The molecule has 6 heteroatoms. The van der Waals surface area contributed by atoms with E-state index in [1.54, 1.807) is 0 Å². The standard InChI is InChI=1S/C20H22ClN3O2/c21-14-5-6-20-18(11-14)24-17(16-3-1-2-4-19(16)25-20)12-15(26-24)13-23-9-7-22-8-10-23/h1-6,11,15,17,22H,7-10,12-13H2/t15-,17-/m1/s1. The number of benzene rings is 2. The first-order valence-corrected chi connectivity index (χ1v) is 9.61. The third-order valence-electron chi connectivity index (χ3n) is 5.36. The van der Waals surface area contributed by atoms with Crippen LogP contribution in [0.4, 0.5) is 5.69 Å². The van der Waals surface area contributed by atoms with Gasteiger partial charge >= 0.3 is 0 Å². The van der Waals surface area contributed by atoms with E-state index in [1.165, 1.54) is 5.56 Å². The SMILES string of the molecule is Clc1ccc2c(c1)N1O[C@@H](CN3CCNCC3)C[C@@H]1c1ccccc1O2. The van der Waals surface area contributed by atoms with Crippen molar-refractivity contribution in [1.29, 1.82) is 0 Å². The van der Waals surface area contributed by atoms with Gasteiger partial charge in [-0.25, -0.2) is 5.06 Å². The third-order valence-corrected chi connectivity index (χ3v) is 5.59. The fourth-order valence-corrected chi connectivity index (χ4v) is 4.27. The van der Waals surface area contributed by atoms with Crippen molar-refractivity contribution in [2.24, 2.45) is 0 Å². The third kappa shape index (κ3) is 2.95. The van der Waals surface area contributed by atoms with Gasteiger partial charge < -0.3 is 10.1 Å². The molecule has 5 rings (SSSR count). The summed E-state index contributed by atoms with van der Waals surface area (Å²) in [5.74, 6) is 1.68. The molecule has 2 fully saturated rings. The van der Waals surface area contributed by atoms with E-state index in [9.17, 15) is 0 Å². The highest BCUT2D eigenvalue weighted by atomic mass is 35.5. The smallest absolute Gasteiger partial charge is 0.153 e. The molecule has 3 heterocycles. The lowest BCUT2D eigenvalue weighted by Crippen LogP contribution is -2.46. The summed E-state index contributed by atoms with van der Waals surface area (Å²) in [7, 11) is 0. The van der Waals surface area contributed by atoms with Crippen LogP contribution in [-0.4, -0.2) is 43.7 Å². The Morgan fingerprint density at radius 1 is 1.08 bits per heavy atom. The molecule has 26 heavy (non-hydrogen) atoms. The minimum atomic E-state index is 0.138. The predicted octanol–water partition coefficient (Wildman–Crippen LogP) is 3.60. The molecule has 3 aliphatic rings. The van der Waals surface area contributed by atoms with Crippen molar-refractivity contribution in [3.8, 4) is 11.5 Å². The number of piperazine rings is 1. The quantitative estimate of drug-likeness (QED) is 0.872. The van der Waals surface area contributed by atoms with E-state index in [0.717, 1.165) is 56.3 Å². The Hall–Kier alpha value is -1.79. The van der Waals surface area contributed by atoms with Gasteiger partial charge in [0.05, 0.1) is 6.04 Å². The molecule has 0 aliphatic carbocycles. The summed E-state index contributed by atoms with van der Waals surface area (Å²) in [5, 5.41) is 6.11. The van der Waals surface area contributed by atoms with Crippen molar-refractivity contribution < 1.29 is 9.57 Å². The highest BCUT2D eigenvalue weighted by Crippen LogP contribution is 2.49. The number of hydrogen-bond donors (Lipinski definition) is 1. The van der Waals surface area contributed by atoms with E-state index in [-0.39, 0.29) is 12.1 Å². The van der Waals surface area contributed by atoms with Crippen LogP contribution in [-0.2, 0) is 4.84 Å². The van der Waals surface area contributed by atoms with Crippen molar-refractivity contribution in [3.63, 3.8) is 0 Å². The van der Waals surface area contributed by atoms with E-state index in [4.69, 9.17) is 21.2 Å². The fraction of sp³-hybridized carbons (Fsp3) is 0.400. The van der Waals surface area contributed by atoms with Crippen LogP contribution in [0.2, 0.25) is 5.02 Å². The first-order chi connectivity index (χ1) is 12.8. The molecule has 3 aliphatic heterocycles. The molecule has 2 saturated heterocycles. The second-order valence-corrected chi connectivity index (χ2v) is 7.54. The van der Waals surface area contributed by atoms with Crippen LogP contribution in [0.15, 0.2) is 42.5 Å². The lowest BCUT2D eigenvalue weighted by Gasteiger charge is -2.29. The summed E-state index contributed by atoms with van der Waals surface area (Å²) in [6, 6.07) is 14.1. The van der Waals surface area contributed by atoms with Crippen molar-refractivity contribution in [2.75, 3.05) is 37.8 Å². The Bertz CT molecular complexity index is 809. The molecular weight excluding hydrogens is 350 g/mol. The second-order valence-electron chi connectivity index (χ2n) is 7.11. The Morgan fingerprint density at radius 2 is 1.92 bits per heavy atom. The lowest BCUT2D eigenvalue weighted by atomic mass is 10.00. The maximum atomic E-state index is 6.42. The van der Waals surface area contributed by atoms with Crippen molar-refractivity contribution in [1.82, 2.24) is 10.2 Å². The molecule has 0 saturated carbocycles. The van der Waals surface area contributed by atoms with Gasteiger partial charge in [0.15, 0.2) is 5.75 Å². The normalized spacial score (nSPS) is 25.0. The average molecular weight is 372 g/mol. The summed E-state index contributed by atoms with van der Waals surface area (Å²) < 4.78 is 6.18. The van der Waals surface area contributed by atoms with Gasteiger partial charge in [0.1, 0.15) is 17.5 Å². The van der Waals surface area contributed by atoms with Gasteiger partial charge in [0.25, 0.3) is 0 Å². The van der Waals surface area contributed by atoms with Crippen LogP contribution >= 0.6 is 11.6 Å². The molecule has 136 valence electrons. The average Bonchev–Trinajstić information content (AvgIpc) is 3.03. The molecule has 2 aromatic carbocycles. The molecule has 0 bridgehead atoms. The molecule has 0 unspecified atom stereocenters. The molecule has 0 aromatic heterocycles. The Morgan fingerprint density at radius 3 is 2.81 bits per heavy atom. The largest absolute Gasteiger partial charge is 0.455 e. The number of fused-ring (bicyclic) bond motifs is 5. The van der Waals surface area contributed by atoms with Crippen molar-refractivity contribution >= 4 is 17.3 Å². The molecule has 1 N–H and O–H groups in total. The number of nitrogens with one attached hydrogen (secondary N) is 1. The lowest BCUT2D eigenvalue weighted by molar-refractivity contribution is 0.0502. The summed E-state index contributed by atoms with van der Waals surface area (Å²) in [6.45, 7) is 5.21. The Balaban J connectivity index is 1.48. The number of halogens is 1. The number of rotatable bonds is 2. The molecule has 0 radical (unpaired) electrons. The van der Waals surface area contributed by atoms with Crippen molar-refractivity contribution in [3.05, 3.63) is 53.1 Å². The molecule has 0 amide bonds. The molecule has 2 atom stereocenters. The highest BCUT2D eigenvalue weighted by Gasteiger charge is 2.40. The van der Waals surface area contributed by atoms with Gasteiger partial charge in [-0.3, -0.25) is 9.74 Å². The number of nitrogens with zero attached hydrogens (tertiary/aromatic N) is 2. The zero-order valence-electron chi connectivity index (χ0n) is 14.5. The summed E-state index contributed by atoms with van der Waals surface area (Å²) >= 11 is 6.27. The minimum absolute atomic E-state index is 0.138. The number of hydroxylamine groups is 1. The first-order valence-electron chi connectivity index (χ1n) is 9.23. The van der Waals surface area contributed by atoms with E-state index in [2.05, 4.69) is 22.3 Å². The van der Waals surface area contributed by atoms with E-state index in [1.807, 2.05) is 35.4 Å². The van der Waals surface area contributed by atoms with Crippen LogP contribution < -0.4 is 15.1 Å². The Kier molecular flexibility index (Phi) is 4.25. The predicted molar refractivity (Wildman–Crippen MR) is 102 cm³/mol. The van der Waals surface area contributed by atoms with Gasteiger partial charge in [-0.2, -0.15) is 0 Å². The summed E-state index contributed by atoms with van der Waals surface area (Å²) in [5.41, 5.74) is 2.07. The van der Waals surface area contributed by atoms with E-state index >= 15 is 0 Å². The monoisotopic (exact) mass is 371 g/mol. The van der Waals surface area contributed by atoms with Crippen LogP contribution in [0.25, 0.3) is 0 Å². The fourth-order valence-electron chi connectivity index (χ4n) is 4.11. The summed E-state index contributed by atoms with van der Waals surface area (Å²) in [6.07, 6.45) is 1.10. The zero-order valence-corrected chi connectivity index (χ0v) is 15.3. The Labute approximate surface area is 158 Å². The maximum absolute atomic E-state index is 6.42. The van der Waals surface area contributed by atoms with E-state index < -0.39 is 0 Å². The van der Waals surface area contributed by atoms with Crippen LogP contribution in [0.3, 0.4) is 0 Å². The molecular formula is C20H22ClN3O2. The molecule has 0 spiro atoms. The minimum Gasteiger partial charge on any atom is -0.455 e. The topological polar surface area (TPSA) is 37.0 Å². The van der Waals surface area contributed by atoms with Gasteiger partial charge in [-0.1, -0.05) is 29.8 Å². The number of anilines is 1. The highest BCUT2D eigenvalue weighted by molar-refractivity contribution is 6.30. The van der Waals surface area contributed by atoms with E-state index in [0.29, 0.717) is 5.02 Å².